The molecular formula is C13H18BNO3. The molecule has 1 unspecified atom stereocenters. The molecule has 0 aliphatic carbocycles. The van der Waals surface area contributed by atoms with Gasteiger partial charge in [0.05, 0.1) is 5.94 Å². The zero-order chi connectivity index (χ0) is 13.5. The zero-order valence-corrected chi connectivity index (χ0v) is 10.9. The molecule has 5 heteroatoms. The molecule has 0 aromatic heterocycles. The highest BCUT2D eigenvalue weighted by atomic mass is 16.4. The molecule has 0 radical (unpaired) electrons. The van der Waals surface area contributed by atoms with Gasteiger partial charge in [-0.2, -0.15) is 0 Å². The summed E-state index contributed by atoms with van der Waals surface area (Å²) in [4.78, 5) is 12.3. The van der Waals surface area contributed by atoms with Gasteiger partial charge in [0.2, 0.25) is 0 Å². The van der Waals surface area contributed by atoms with Crippen LogP contribution in [0.4, 0.5) is 5.69 Å². The van der Waals surface area contributed by atoms with Crippen molar-refractivity contribution < 1.29 is 14.8 Å². The average molecular weight is 247 g/mol. The van der Waals surface area contributed by atoms with E-state index in [0.29, 0.717) is 12.0 Å². The number of carbonyl (C=O) groups is 1. The van der Waals surface area contributed by atoms with Crippen LogP contribution in [-0.2, 0) is 6.42 Å². The Bertz CT molecular complexity index is 480. The van der Waals surface area contributed by atoms with E-state index in [2.05, 4.69) is 5.32 Å². The number of anilines is 1. The van der Waals surface area contributed by atoms with Crippen molar-refractivity contribution in [2.45, 2.75) is 33.1 Å². The maximum atomic E-state index is 12.3. The normalized spacial score (nSPS) is 18.2. The summed E-state index contributed by atoms with van der Waals surface area (Å²) < 4.78 is 0. The average Bonchev–Trinajstić information content (AvgIpc) is 2.70. The summed E-state index contributed by atoms with van der Waals surface area (Å²) in [6.45, 7) is 5.65. The van der Waals surface area contributed by atoms with E-state index in [1.165, 1.54) is 0 Å². The maximum Gasteiger partial charge on any atom is 0.475 e. The van der Waals surface area contributed by atoms with Gasteiger partial charge in [0.1, 0.15) is 0 Å². The molecule has 0 spiro atoms. The van der Waals surface area contributed by atoms with Gasteiger partial charge in [-0.3, -0.25) is 4.79 Å². The molecule has 2 rings (SSSR count). The molecule has 18 heavy (non-hydrogen) atoms. The molecule has 1 aromatic carbocycles. The van der Waals surface area contributed by atoms with Crippen molar-refractivity contribution in [2.75, 3.05) is 5.32 Å². The Morgan fingerprint density at radius 2 is 2.06 bits per heavy atom. The minimum absolute atomic E-state index is 0.0780. The monoisotopic (exact) mass is 247 g/mol. The van der Waals surface area contributed by atoms with Gasteiger partial charge in [0.15, 0.2) is 5.78 Å². The van der Waals surface area contributed by atoms with Crippen LogP contribution in [0, 0.1) is 5.41 Å². The molecule has 0 saturated carbocycles. The first-order valence-corrected chi connectivity index (χ1v) is 6.10. The second kappa shape index (κ2) is 4.41. The molecule has 1 aliphatic heterocycles. The summed E-state index contributed by atoms with van der Waals surface area (Å²) in [5.41, 5.74) is 1.94. The summed E-state index contributed by atoms with van der Waals surface area (Å²) in [6.07, 6.45) is 0.463. The van der Waals surface area contributed by atoms with Gasteiger partial charge in [-0.15, -0.1) is 0 Å². The quantitative estimate of drug-likeness (QED) is 0.543. The molecule has 0 bridgehead atoms. The molecule has 1 aromatic rings. The Balaban J connectivity index is 2.38. The summed E-state index contributed by atoms with van der Waals surface area (Å²) in [5.74, 6) is -0.358. The van der Waals surface area contributed by atoms with Crippen LogP contribution < -0.4 is 5.32 Å². The molecular weight excluding hydrogens is 229 g/mol. The SMILES string of the molecule is CC(C)(C)C(=O)c1cccc2c1CC(B(O)O)N2. The fourth-order valence-corrected chi connectivity index (χ4v) is 2.21. The van der Waals surface area contributed by atoms with Crippen LogP contribution in [-0.4, -0.2) is 28.9 Å². The highest BCUT2D eigenvalue weighted by Crippen LogP contribution is 2.32. The fourth-order valence-electron chi connectivity index (χ4n) is 2.21. The lowest BCUT2D eigenvalue weighted by Crippen LogP contribution is -2.36. The molecule has 3 N–H and O–H groups in total. The molecule has 1 heterocycles. The lowest BCUT2D eigenvalue weighted by Gasteiger charge is -2.18. The van der Waals surface area contributed by atoms with E-state index in [-0.39, 0.29) is 5.78 Å². The molecule has 0 amide bonds. The Hall–Kier alpha value is -1.33. The fraction of sp³-hybridized carbons (Fsp3) is 0.462. The van der Waals surface area contributed by atoms with Gasteiger partial charge in [-0.1, -0.05) is 32.9 Å². The third-order valence-electron chi connectivity index (χ3n) is 3.23. The first kappa shape index (κ1) is 13.1. The van der Waals surface area contributed by atoms with Gasteiger partial charge in [0, 0.05) is 16.7 Å². The van der Waals surface area contributed by atoms with Gasteiger partial charge in [0.25, 0.3) is 0 Å². The standard InChI is InChI=1S/C13H18BNO3/c1-13(2,3)12(16)8-5-4-6-10-9(8)7-11(15-10)14(17)18/h4-6,11,15,17-18H,7H2,1-3H3. The van der Waals surface area contributed by atoms with Crippen LogP contribution in [0.1, 0.15) is 36.7 Å². The molecule has 96 valence electrons. The third kappa shape index (κ3) is 2.28. The number of ketones is 1. The first-order chi connectivity index (χ1) is 8.30. The van der Waals surface area contributed by atoms with Crippen molar-refractivity contribution in [2.24, 2.45) is 5.41 Å². The van der Waals surface area contributed by atoms with Crippen molar-refractivity contribution in [1.82, 2.24) is 0 Å². The second-order valence-corrected chi connectivity index (χ2v) is 5.78. The summed E-state index contributed by atoms with van der Waals surface area (Å²) in [6, 6.07) is 5.48. The first-order valence-electron chi connectivity index (χ1n) is 6.10. The largest absolute Gasteiger partial charge is 0.475 e. The van der Waals surface area contributed by atoms with Crippen LogP contribution in [0.2, 0.25) is 0 Å². The zero-order valence-electron chi connectivity index (χ0n) is 10.9. The van der Waals surface area contributed by atoms with Crippen molar-refractivity contribution >= 4 is 18.6 Å². The number of hydrogen-bond donors (Lipinski definition) is 3. The van der Waals surface area contributed by atoms with Crippen LogP contribution >= 0.6 is 0 Å². The van der Waals surface area contributed by atoms with E-state index >= 15 is 0 Å². The Morgan fingerprint density at radius 1 is 1.39 bits per heavy atom. The van der Waals surface area contributed by atoms with Crippen molar-refractivity contribution in [1.29, 1.82) is 0 Å². The number of hydrogen-bond acceptors (Lipinski definition) is 4. The van der Waals surface area contributed by atoms with Crippen LogP contribution in [0.25, 0.3) is 0 Å². The highest BCUT2D eigenvalue weighted by molar-refractivity contribution is 6.44. The smallest absolute Gasteiger partial charge is 0.426 e. The van der Waals surface area contributed by atoms with E-state index in [4.69, 9.17) is 0 Å². The number of Topliss-reactive ketones (excluding diaryl/α,β-unsaturated/α-hetero) is 1. The lowest BCUT2D eigenvalue weighted by atomic mass is 9.76. The molecule has 1 atom stereocenters. The minimum Gasteiger partial charge on any atom is -0.426 e. The van der Waals surface area contributed by atoms with E-state index in [9.17, 15) is 14.8 Å². The third-order valence-corrected chi connectivity index (χ3v) is 3.23. The number of fused-ring (bicyclic) bond motifs is 1. The molecule has 0 saturated heterocycles. The van der Waals surface area contributed by atoms with Crippen LogP contribution in [0.3, 0.4) is 0 Å². The van der Waals surface area contributed by atoms with Crippen LogP contribution in [0.15, 0.2) is 18.2 Å². The van der Waals surface area contributed by atoms with Crippen molar-refractivity contribution in [3.05, 3.63) is 29.3 Å². The number of rotatable bonds is 2. The molecule has 1 aliphatic rings. The van der Waals surface area contributed by atoms with E-state index < -0.39 is 18.5 Å². The Morgan fingerprint density at radius 3 is 2.61 bits per heavy atom. The lowest BCUT2D eigenvalue weighted by molar-refractivity contribution is 0.0857. The van der Waals surface area contributed by atoms with Crippen LogP contribution in [0.5, 0.6) is 0 Å². The van der Waals surface area contributed by atoms with Gasteiger partial charge >= 0.3 is 7.12 Å². The van der Waals surface area contributed by atoms with Crippen molar-refractivity contribution in [3.8, 4) is 0 Å². The predicted octanol–water partition coefficient (Wildman–Crippen LogP) is 1.26. The summed E-state index contributed by atoms with van der Waals surface area (Å²) in [5, 5.41) is 21.5. The highest BCUT2D eigenvalue weighted by Gasteiger charge is 2.34. The maximum absolute atomic E-state index is 12.3. The van der Waals surface area contributed by atoms with E-state index in [1.54, 1.807) is 6.07 Å². The van der Waals surface area contributed by atoms with Gasteiger partial charge in [-0.05, 0) is 18.1 Å². The topological polar surface area (TPSA) is 69.6 Å². The van der Waals surface area contributed by atoms with Crippen molar-refractivity contribution in [3.63, 3.8) is 0 Å². The predicted molar refractivity (Wildman–Crippen MR) is 71.5 cm³/mol. The number of benzene rings is 1. The second-order valence-electron chi connectivity index (χ2n) is 5.78. The Kier molecular flexibility index (Phi) is 3.21. The molecule has 4 nitrogen and oxygen atoms in total. The number of nitrogens with one attached hydrogen (secondary N) is 1. The minimum atomic E-state index is -1.42. The van der Waals surface area contributed by atoms with Gasteiger partial charge < -0.3 is 15.4 Å². The summed E-state index contributed by atoms with van der Waals surface area (Å²) in [7, 11) is -1.42. The summed E-state index contributed by atoms with van der Waals surface area (Å²) >= 11 is 0. The number of carbonyl (C=O) groups excluding carboxylic acids is 1. The Labute approximate surface area is 107 Å². The van der Waals surface area contributed by atoms with E-state index in [1.807, 2.05) is 32.9 Å². The van der Waals surface area contributed by atoms with E-state index in [0.717, 1.165) is 11.3 Å². The van der Waals surface area contributed by atoms with Gasteiger partial charge in [-0.25, -0.2) is 0 Å². The molecule has 0 fully saturated rings.